The van der Waals surface area contributed by atoms with E-state index in [2.05, 4.69) is 54.1 Å². The van der Waals surface area contributed by atoms with Gasteiger partial charge in [-0.1, -0.05) is 13.0 Å². The average Bonchev–Trinajstić information content (AvgIpc) is 2.97. The van der Waals surface area contributed by atoms with Gasteiger partial charge in [0, 0.05) is 25.7 Å². The van der Waals surface area contributed by atoms with Crippen LogP contribution in [0.15, 0.2) is 24.4 Å². The number of nitrogens with zero attached hydrogens (tertiary/aromatic N) is 4. The molecular formula is C16H24ClN5. The summed E-state index contributed by atoms with van der Waals surface area (Å²) in [6.07, 6.45) is 1.85. The van der Waals surface area contributed by atoms with E-state index < -0.39 is 0 Å². The monoisotopic (exact) mass is 321 g/mol. The molecule has 3 rings (SSSR count). The van der Waals surface area contributed by atoms with Gasteiger partial charge in [0.15, 0.2) is 0 Å². The van der Waals surface area contributed by atoms with Crippen molar-refractivity contribution in [2.24, 2.45) is 11.7 Å². The Labute approximate surface area is 137 Å². The molecule has 2 heterocycles. The molecule has 120 valence electrons. The minimum Gasteiger partial charge on any atom is -0.326 e. The van der Waals surface area contributed by atoms with Gasteiger partial charge in [-0.2, -0.15) is 15.0 Å². The fraction of sp³-hybridized carbons (Fsp3) is 0.500. The number of halogens is 1. The summed E-state index contributed by atoms with van der Waals surface area (Å²) in [4.78, 5) is 4.07. The number of hydrogen-bond donors (Lipinski definition) is 1. The summed E-state index contributed by atoms with van der Waals surface area (Å²) in [5, 5.41) is 9.00. The lowest BCUT2D eigenvalue weighted by atomic mass is 10.1. The van der Waals surface area contributed by atoms with Crippen molar-refractivity contribution in [2.75, 3.05) is 13.1 Å². The summed E-state index contributed by atoms with van der Waals surface area (Å²) in [5.41, 5.74) is 10.5. The van der Waals surface area contributed by atoms with E-state index in [9.17, 15) is 0 Å². The molecule has 0 radical (unpaired) electrons. The molecule has 22 heavy (non-hydrogen) atoms. The van der Waals surface area contributed by atoms with E-state index in [1.54, 1.807) is 4.80 Å². The number of rotatable bonds is 3. The predicted octanol–water partition coefficient (Wildman–Crippen LogP) is 2.08. The lowest BCUT2D eigenvalue weighted by molar-refractivity contribution is 0.314. The van der Waals surface area contributed by atoms with Gasteiger partial charge in [0.05, 0.1) is 17.6 Å². The quantitative estimate of drug-likeness (QED) is 0.940. The van der Waals surface area contributed by atoms with E-state index in [1.807, 2.05) is 6.20 Å². The number of hydrogen-bond acceptors (Lipinski definition) is 4. The van der Waals surface area contributed by atoms with E-state index in [-0.39, 0.29) is 18.4 Å². The topological polar surface area (TPSA) is 60.0 Å². The molecule has 1 aromatic heterocycles. The molecule has 5 nitrogen and oxygen atoms in total. The number of aryl methyl sites for hydroxylation is 2. The lowest BCUT2D eigenvalue weighted by Gasteiger charge is -2.12. The summed E-state index contributed by atoms with van der Waals surface area (Å²) in [6.45, 7) is 9.19. The van der Waals surface area contributed by atoms with Crippen LogP contribution in [0.2, 0.25) is 0 Å². The average molecular weight is 322 g/mol. The lowest BCUT2D eigenvalue weighted by Crippen LogP contribution is -2.28. The molecule has 1 fully saturated rings. The predicted molar refractivity (Wildman–Crippen MR) is 90.5 cm³/mol. The van der Waals surface area contributed by atoms with E-state index in [0.29, 0.717) is 5.92 Å². The second-order valence-electron chi connectivity index (χ2n) is 6.31. The van der Waals surface area contributed by atoms with Crippen LogP contribution in [0.25, 0.3) is 5.69 Å². The zero-order valence-corrected chi connectivity index (χ0v) is 14.2. The minimum atomic E-state index is 0. The van der Waals surface area contributed by atoms with Crippen molar-refractivity contribution in [3.05, 3.63) is 41.2 Å². The van der Waals surface area contributed by atoms with Crippen molar-refractivity contribution in [1.29, 1.82) is 0 Å². The maximum atomic E-state index is 6.07. The summed E-state index contributed by atoms with van der Waals surface area (Å²) >= 11 is 0. The van der Waals surface area contributed by atoms with Gasteiger partial charge < -0.3 is 5.73 Å². The highest BCUT2D eigenvalue weighted by molar-refractivity contribution is 5.85. The van der Waals surface area contributed by atoms with Gasteiger partial charge in [-0.3, -0.25) is 4.90 Å². The second kappa shape index (κ2) is 6.77. The van der Waals surface area contributed by atoms with E-state index in [1.165, 1.54) is 11.1 Å². The van der Waals surface area contributed by atoms with Crippen molar-refractivity contribution < 1.29 is 0 Å². The molecule has 0 amide bonds. The Morgan fingerprint density at radius 3 is 2.45 bits per heavy atom. The Balaban J connectivity index is 0.00000176. The van der Waals surface area contributed by atoms with Gasteiger partial charge in [-0.25, -0.2) is 0 Å². The highest BCUT2D eigenvalue weighted by Gasteiger charge is 2.26. The highest BCUT2D eigenvalue weighted by atomic mass is 35.5. The maximum absolute atomic E-state index is 6.07. The van der Waals surface area contributed by atoms with E-state index in [4.69, 9.17) is 5.73 Å². The molecule has 2 unspecified atom stereocenters. The molecule has 1 saturated heterocycles. The SMILES string of the molecule is Cc1cc(C)cc(-n2ncc(CN3CC(C)C(N)C3)n2)c1.Cl. The first-order valence-electron chi connectivity index (χ1n) is 7.49. The third kappa shape index (κ3) is 3.66. The Hall–Kier alpha value is -1.43. The zero-order valence-electron chi connectivity index (χ0n) is 13.4. The van der Waals surface area contributed by atoms with Crippen molar-refractivity contribution in [2.45, 2.75) is 33.4 Å². The molecule has 0 saturated carbocycles. The van der Waals surface area contributed by atoms with Gasteiger partial charge in [0.2, 0.25) is 0 Å². The normalized spacial score (nSPS) is 21.8. The van der Waals surface area contributed by atoms with Crippen LogP contribution in [0, 0.1) is 19.8 Å². The first kappa shape index (κ1) is 16.9. The van der Waals surface area contributed by atoms with Crippen LogP contribution in [0.1, 0.15) is 23.7 Å². The summed E-state index contributed by atoms with van der Waals surface area (Å²) < 4.78 is 0. The molecule has 2 aromatic rings. The molecule has 0 spiro atoms. The molecular weight excluding hydrogens is 298 g/mol. The number of nitrogens with two attached hydrogens (primary N) is 1. The fourth-order valence-electron chi connectivity index (χ4n) is 3.01. The van der Waals surface area contributed by atoms with Gasteiger partial charge in [0.25, 0.3) is 0 Å². The van der Waals surface area contributed by atoms with E-state index in [0.717, 1.165) is 31.0 Å². The van der Waals surface area contributed by atoms with Crippen molar-refractivity contribution in [3.63, 3.8) is 0 Å². The first-order chi connectivity index (χ1) is 10.0. The van der Waals surface area contributed by atoms with Crippen LogP contribution in [0.5, 0.6) is 0 Å². The summed E-state index contributed by atoms with van der Waals surface area (Å²) in [7, 11) is 0. The second-order valence-corrected chi connectivity index (χ2v) is 6.31. The van der Waals surface area contributed by atoms with Crippen molar-refractivity contribution in [1.82, 2.24) is 19.9 Å². The van der Waals surface area contributed by atoms with Crippen LogP contribution < -0.4 is 5.73 Å². The zero-order chi connectivity index (χ0) is 15.0. The molecule has 1 aromatic carbocycles. The summed E-state index contributed by atoms with van der Waals surface area (Å²) in [6, 6.07) is 6.63. The molecule has 2 N–H and O–H groups in total. The van der Waals surface area contributed by atoms with Crippen LogP contribution in [0.4, 0.5) is 0 Å². The standard InChI is InChI=1S/C16H23N5.ClH/c1-11-4-12(2)6-15(5-11)21-18-7-14(19-21)9-20-8-13(3)16(17)10-20;/h4-7,13,16H,8-10,17H2,1-3H3;1H. The number of likely N-dealkylation sites (tertiary alicyclic amines) is 1. The van der Waals surface area contributed by atoms with Crippen LogP contribution in [-0.4, -0.2) is 39.0 Å². The fourth-order valence-corrected chi connectivity index (χ4v) is 3.01. The summed E-state index contributed by atoms with van der Waals surface area (Å²) in [5.74, 6) is 0.555. The maximum Gasteiger partial charge on any atom is 0.0971 e. The molecule has 0 aliphatic carbocycles. The Bertz CT molecular complexity index is 609. The van der Waals surface area contributed by atoms with Crippen LogP contribution in [0.3, 0.4) is 0 Å². The third-order valence-corrected chi connectivity index (χ3v) is 4.11. The Morgan fingerprint density at radius 2 is 1.86 bits per heavy atom. The van der Waals surface area contributed by atoms with Gasteiger partial charge >= 0.3 is 0 Å². The van der Waals surface area contributed by atoms with Gasteiger partial charge in [-0.05, 0) is 43.0 Å². The van der Waals surface area contributed by atoms with Crippen LogP contribution >= 0.6 is 12.4 Å². The van der Waals surface area contributed by atoms with Crippen molar-refractivity contribution >= 4 is 12.4 Å². The molecule has 2 atom stereocenters. The minimum absolute atomic E-state index is 0. The first-order valence-corrected chi connectivity index (χ1v) is 7.49. The number of aromatic nitrogens is 3. The molecule has 1 aliphatic heterocycles. The van der Waals surface area contributed by atoms with Gasteiger partial charge in [0.1, 0.15) is 0 Å². The van der Waals surface area contributed by atoms with Crippen molar-refractivity contribution in [3.8, 4) is 5.69 Å². The Morgan fingerprint density at radius 1 is 1.18 bits per heavy atom. The molecule has 6 heteroatoms. The highest BCUT2D eigenvalue weighted by Crippen LogP contribution is 2.17. The van der Waals surface area contributed by atoms with E-state index >= 15 is 0 Å². The number of benzene rings is 1. The van der Waals surface area contributed by atoms with Gasteiger partial charge in [-0.15, -0.1) is 12.4 Å². The molecule has 0 bridgehead atoms. The molecule has 1 aliphatic rings. The van der Waals surface area contributed by atoms with Crippen LogP contribution in [-0.2, 0) is 6.54 Å². The third-order valence-electron chi connectivity index (χ3n) is 4.11. The largest absolute Gasteiger partial charge is 0.326 e. The smallest absolute Gasteiger partial charge is 0.0971 e. The Kier molecular flexibility index (Phi) is 5.21.